The highest BCUT2D eigenvalue weighted by Gasteiger charge is 1.97. The van der Waals surface area contributed by atoms with Gasteiger partial charge in [0.2, 0.25) is 0 Å². The first kappa shape index (κ1) is 10.7. The molecule has 0 unspecified atom stereocenters. The Kier molecular flexibility index (Phi) is 3.60. The second-order valence-electron chi connectivity index (χ2n) is 3.66. The van der Waals surface area contributed by atoms with Gasteiger partial charge in [-0.3, -0.25) is 0 Å². The van der Waals surface area contributed by atoms with Gasteiger partial charge in [-0.05, 0) is 35.7 Å². The van der Waals surface area contributed by atoms with Gasteiger partial charge in [0, 0.05) is 0 Å². The van der Waals surface area contributed by atoms with E-state index < -0.39 is 0 Å². The molecule has 1 radical (unpaired) electrons. The Bertz CT molecular complexity index is 417. The second-order valence-corrected chi connectivity index (χ2v) is 3.66. The summed E-state index contributed by atoms with van der Waals surface area (Å²) in [6, 6.07) is 19.2. The molecule has 0 saturated carbocycles. The Morgan fingerprint density at radius 2 is 1.56 bits per heavy atom. The molecule has 1 nitrogen and oxygen atoms in total. The van der Waals surface area contributed by atoms with Gasteiger partial charge in [-0.2, -0.15) is 0 Å². The summed E-state index contributed by atoms with van der Waals surface area (Å²) in [5.41, 5.74) is 2.42. The summed E-state index contributed by atoms with van der Waals surface area (Å²) in [5, 5.41) is 0. The van der Waals surface area contributed by atoms with E-state index in [0.717, 1.165) is 18.8 Å². The highest BCUT2D eigenvalue weighted by atomic mass is 16.5. The van der Waals surface area contributed by atoms with E-state index in [-0.39, 0.29) is 0 Å². The number of benzene rings is 2. The molecule has 0 N–H and O–H groups in total. The topological polar surface area (TPSA) is 9.23 Å². The highest BCUT2D eigenvalue weighted by molar-refractivity contribution is 5.63. The molecule has 16 heavy (non-hydrogen) atoms. The van der Waals surface area contributed by atoms with E-state index in [0.29, 0.717) is 0 Å². The Morgan fingerprint density at radius 1 is 0.938 bits per heavy atom. The van der Waals surface area contributed by atoms with Gasteiger partial charge < -0.3 is 4.74 Å². The van der Waals surface area contributed by atoms with E-state index >= 15 is 0 Å². The predicted octanol–water partition coefficient (Wildman–Crippen LogP) is 3.94. The molecule has 0 bridgehead atoms. The highest BCUT2D eigenvalue weighted by Crippen LogP contribution is 2.21. The van der Waals surface area contributed by atoms with Gasteiger partial charge in [0.25, 0.3) is 0 Å². The van der Waals surface area contributed by atoms with E-state index in [1.165, 1.54) is 11.1 Å². The Morgan fingerprint density at radius 3 is 2.19 bits per heavy atom. The lowest BCUT2D eigenvalue weighted by atomic mass is 10.1. The maximum absolute atomic E-state index is 5.54. The first-order valence-electron chi connectivity index (χ1n) is 5.59. The molecular formula is C15H15O. The fourth-order valence-electron chi connectivity index (χ4n) is 1.54. The zero-order chi connectivity index (χ0) is 11.2. The van der Waals surface area contributed by atoms with Crippen molar-refractivity contribution in [2.75, 3.05) is 6.61 Å². The van der Waals surface area contributed by atoms with Crippen molar-refractivity contribution >= 4 is 0 Å². The van der Waals surface area contributed by atoms with Crippen LogP contribution in [0.15, 0.2) is 48.5 Å². The molecule has 0 aliphatic rings. The minimum absolute atomic E-state index is 0.777. The SMILES string of the molecule is CCCOc1ccc(-c2cc[c]cc2)cc1. The molecule has 0 aliphatic heterocycles. The quantitative estimate of drug-likeness (QED) is 0.744. The van der Waals surface area contributed by atoms with Crippen molar-refractivity contribution in [1.82, 2.24) is 0 Å². The lowest BCUT2D eigenvalue weighted by Crippen LogP contribution is -1.94. The third kappa shape index (κ3) is 2.63. The summed E-state index contributed by atoms with van der Waals surface area (Å²) < 4.78 is 5.54. The number of hydrogen-bond donors (Lipinski definition) is 0. The molecule has 81 valence electrons. The van der Waals surface area contributed by atoms with Crippen LogP contribution in [0.4, 0.5) is 0 Å². The average molecular weight is 211 g/mol. The van der Waals surface area contributed by atoms with Crippen molar-refractivity contribution in [3.63, 3.8) is 0 Å². The predicted molar refractivity (Wildman–Crippen MR) is 66.5 cm³/mol. The van der Waals surface area contributed by atoms with Crippen molar-refractivity contribution in [2.24, 2.45) is 0 Å². The number of hydrogen-bond acceptors (Lipinski definition) is 1. The maximum atomic E-state index is 5.54. The van der Waals surface area contributed by atoms with Gasteiger partial charge in [-0.1, -0.05) is 43.3 Å². The molecule has 0 aliphatic carbocycles. The fraction of sp³-hybridized carbons (Fsp3) is 0.200. The summed E-state index contributed by atoms with van der Waals surface area (Å²) in [4.78, 5) is 0. The molecule has 2 aromatic carbocycles. The molecule has 2 rings (SSSR count). The Labute approximate surface area is 96.7 Å². The van der Waals surface area contributed by atoms with Gasteiger partial charge in [0.15, 0.2) is 0 Å². The minimum Gasteiger partial charge on any atom is -0.494 e. The number of rotatable bonds is 4. The van der Waals surface area contributed by atoms with Crippen LogP contribution in [-0.4, -0.2) is 6.61 Å². The van der Waals surface area contributed by atoms with Crippen molar-refractivity contribution in [3.05, 3.63) is 54.6 Å². The number of ether oxygens (including phenoxy) is 1. The molecule has 0 spiro atoms. The van der Waals surface area contributed by atoms with Crippen molar-refractivity contribution in [2.45, 2.75) is 13.3 Å². The van der Waals surface area contributed by atoms with Gasteiger partial charge in [0.1, 0.15) is 5.75 Å². The van der Waals surface area contributed by atoms with Crippen molar-refractivity contribution in [1.29, 1.82) is 0 Å². The van der Waals surface area contributed by atoms with E-state index in [1.807, 2.05) is 24.3 Å². The zero-order valence-corrected chi connectivity index (χ0v) is 9.44. The van der Waals surface area contributed by atoms with Crippen molar-refractivity contribution in [3.8, 4) is 16.9 Å². The zero-order valence-electron chi connectivity index (χ0n) is 9.44. The van der Waals surface area contributed by atoms with E-state index in [9.17, 15) is 0 Å². The van der Waals surface area contributed by atoms with Gasteiger partial charge in [-0.15, -0.1) is 0 Å². The molecule has 0 atom stereocenters. The van der Waals surface area contributed by atoms with Crippen LogP contribution in [0, 0.1) is 6.07 Å². The van der Waals surface area contributed by atoms with Crippen LogP contribution in [0.5, 0.6) is 5.75 Å². The Balaban J connectivity index is 2.13. The van der Waals surface area contributed by atoms with Gasteiger partial charge >= 0.3 is 0 Å². The van der Waals surface area contributed by atoms with Gasteiger partial charge in [0.05, 0.1) is 6.61 Å². The molecule has 1 heteroatoms. The molecule has 2 aromatic rings. The summed E-state index contributed by atoms with van der Waals surface area (Å²) in [6.45, 7) is 2.88. The smallest absolute Gasteiger partial charge is 0.119 e. The largest absolute Gasteiger partial charge is 0.494 e. The first-order valence-corrected chi connectivity index (χ1v) is 5.59. The molecule has 0 saturated heterocycles. The second kappa shape index (κ2) is 5.36. The molecular weight excluding hydrogens is 196 g/mol. The normalized spacial score (nSPS) is 10.1. The average Bonchev–Trinajstić information content (AvgIpc) is 2.38. The van der Waals surface area contributed by atoms with Crippen LogP contribution in [0.2, 0.25) is 0 Å². The summed E-state index contributed by atoms with van der Waals surface area (Å²) in [7, 11) is 0. The summed E-state index contributed by atoms with van der Waals surface area (Å²) in [5.74, 6) is 0.938. The van der Waals surface area contributed by atoms with Crippen LogP contribution in [0.3, 0.4) is 0 Å². The van der Waals surface area contributed by atoms with E-state index in [1.54, 1.807) is 0 Å². The van der Waals surface area contributed by atoms with Crippen LogP contribution >= 0.6 is 0 Å². The molecule has 0 fully saturated rings. The molecule has 0 heterocycles. The molecule has 0 aromatic heterocycles. The third-order valence-corrected chi connectivity index (χ3v) is 2.38. The maximum Gasteiger partial charge on any atom is 0.119 e. The molecule has 0 amide bonds. The monoisotopic (exact) mass is 211 g/mol. The summed E-state index contributed by atoms with van der Waals surface area (Å²) >= 11 is 0. The van der Waals surface area contributed by atoms with E-state index in [2.05, 4.69) is 37.3 Å². The van der Waals surface area contributed by atoms with Crippen LogP contribution in [0.25, 0.3) is 11.1 Å². The van der Waals surface area contributed by atoms with Crippen molar-refractivity contribution < 1.29 is 4.74 Å². The fourth-order valence-corrected chi connectivity index (χ4v) is 1.54. The van der Waals surface area contributed by atoms with Crippen LogP contribution < -0.4 is 4.74 Å². The van der Waals surface area contributed by atoms with Gasteiger partial charge in [-0.25, -0.2) is 0 Å². The third-order valence-electron chi connectivity index (χ3n) is 2.38. The van der Waals surface area contributed by atoms with Crippen LogP contribution in [-0.2, 0) is 0 Å². The first-order chi connectivity index (χ1) is 7.90. The lowest BCUT2D eigenvalue weighted by Gasteiger charge is -2.05. The minimum atomic E-state index is 0.777. The Hall–Kier alpha value is -1.76. The summed E-state index contributed by atoms with van der Waals surface area (Å²) in [6.07, 6.45) is 1.04. The van der Waals surface area contributed by atoms with E-state index in [4.69, 9.17) is 4.74 Å². The van der Waals surface area contributed by atoms with Crippen LogP contribution in [0.1, 0.15) is 13.3 Å². The lowest BCUT2D eigenvalue weighted by molar-refractivity contribution is 0.317. The standard InChI is InChI=1S/C15H15O/c1-2-12-16-15-10-8-14(9-11-15)13-6-4-3-5-7-13/h4-11H,2,12H2,1H3.